The Hall–Kier alpha value is -2.10. The first-order valence-electron chi connectivity index (χ1n) is 9.80. The van der Waals surface area contributed by atoms with Crippen molar-refractivity contribution in [3.8, 4) is 0 Å². The maximum atomic E-state index is 3.41. The Bertz CT molecular complexity index is 561. The minimum atomic E-state index is 0.860. The quantitative estimate of drug-likeness (QED) is 0.618. The van der Waals surface area contributed by atoms with Gasteiger partial charge in [0.2, 0.25) is 13.3 Å². The van der Waals surface area contributed by atoms with Crippen molar-refractivity contribution in [3.63, 3.8) is 0 Å². The molecule has 2 heterocycles. The molecule has 138 valence electrons. The maximum Gasteiger partial charge on any atom is 0.208 e. The number of hydrogen-bond donors (Lipinski definition) is 0. The van der Waals surface area contributed by atoms with Crippen LogP contribution in [0.1, 0.15) is 50.7 Å². The summed E-state index contributed by atoms with van der Waals surface area (Å²) in [5.74, 6) is 0. The summed E-state index contributed by atoms with van der Waals surface area (Å²) in [6.45, 7) is 15.1. The van der Waals surface area contributed by atoms with Crippen molar-refractivity contribution < 1.29 is 0 Å². The van der Waals surface area contributed by atoms with Gasteiger partial charge in [0.1, 0.15) is 0 Å². The van der Waals surface area contributed by atoms with E-state index in [1.165, 1.54) is 36.8 Å². The summed E-state index contributed by atoms with van der Waals surface area (Å²) in [5.41, 5.74) is 2.62. The average Bonchev–Trinajstić information content (AvgIpc) is 3.28. The van der Waals surface area contributed by atoms with Gasteiger partial charge in [-0.3, -0.25) is 0 Å². The number of nitrogens with zero attached hydrogens (tertiary/aromatic N) is 4. The zero-order chi connectivity index (χ0) is 18.2. The van der Waals surface area contributed by atoms with Crippen molar-refractivity contribution in [2.75, 3.05) is 13.1 Å². The molecule has 1 aromatic rings. The minimum absolute atomic E-state index is 0.860. The summed E-state index contributed by atoms with van der Waals surface area (Å²) in [7, 11) is 0. The zero-order valence-corrected chi connectivity index (χ0v) is 16.1. The van der Waals surface area contributed by atoms with Gasteiger partial charge in [-0.25, -0.2) is 0 Å². The molecule has 0 spiro atoms. The molecular formula is C22H30N4. The first-order chi connectivity index (χ1) is 12.8. The summed E-state index contributed by atoms with van der Waals surface area (Å²) >= 11 is 0. The Morgan fingerprint density at radius 2 is 1.15 bits per heavy atom. The molecule has 2 aliphatic rings. The predicted molar refractivity (Wildman–Crippen MR) is 106 cm³/mol. The second kappa shape index (κ2) is 9.56. The molecule has 0 amide bonds. The predicted octanol–water partition coefficient (Wildman–Crippen LogP) is 4.46. The molecule has 0 bridgehead atoms. The van der Waals surface area contributed by atoms with E-state index >= 15 is 0 Å². The molecule has 2 aliphatic heterocycles. The van der Waals surface area contributed by atoms with E-state index in [9.17, 15) is 0 Å². The van der Waals surface area contributed by atoms with Crippen LogP contribution in [0.3, 0.4) is 0 Å². The lowest BCUT2D eigenvalue weighted by atomic mass is 10.1. The number of hydrogen-bond acceptors (Lipinski definition) is 4. The van der Waals surface area contributed by atoms with Crippen LogP contribution in [0.4, 0.5) is 0 Å². The fourth-order valence-electron chi connectivity index (χ4n) is 3.09. The lowest BCUT2D eigenvalue weighted by molar-refractivity contribution is 0.332. The van der Waals surface area contributed by atoms with Crippen LogP contribution in [0.2, 0.25) is 0 Å². The highest BCUT2D eigenvalue weighted by Gasteiger charge is 2.16. The van der Waals surface area contributed by atoms with E-state index in [2.05, 4.69) is 95.8 Å². The topological polar surface area (TPSA) is 13.0 Å². The van der Waals surface area contributed by atoms with E-state index in [-0.39, 0.29) is 0 Å². The molecule has 4 radical (unpaired) electrons. The Balaban J connectivity index is 1.47. The fourth-order valence-corrected chi connectivity index (χ4v) is 3.09. The van der Waals surface area contributed by atoms with E-state index in [0.717, 1.165) is 26.2 Å². The van der Waals surface area contributed by atoms with E-state index < -0.39 is 0 Å². The van der Waals surface area contributed by atoms with Crippen LogP contribution < -0.4 is 0 Å². The fraction of sp³-hybridized carbons (Fsp3) is 0.455. The molecule has 26 heavy (non-hydrogen) atoms. The van der Waals surface area contributed by atoms with Gasteiger partial charge >= 0.3 is 0 Å². The molecular weight excluding hydrogens is 320 g/mol. The molecule has 0 fully saturated rings. The number of unbranched alkanes of at least 4 members (excludes halogenated alkanes) is 2. The van der Waals surface area contributed by atoms with Crippen molar-refractivity contribution in [2.24, 2.45) is 0 Å². The highest BCUT2D eigenvalue weighted by molar-refractivity contribution is 5.25. The van der Waals surface area contributed by atoms with Crippen molar-refractivity contribution in [2.45, 2.75) is 52.6 Å². The van der Waals surface area contributed by atoms with E-state index in [1.54, 1.807) is 0 Å². The van der Waals surface area contributed by atoms with Gasteiger partial charge < -0.3 is 19.6 Å². The van der Waals surface area contributed by atoms with Gasteiger partial charge in [0, 0.05) is 51.0 Å². The van der Waals surface area contributed by atoms with Gasteiger partial charge in [-0.1, -0.05) is 51.0 Å². The van der Waals surface area contributed by atoms with Gasteiger partial charge in [-0.2, -0.15) is 0 Å². The maximum absolute atomic E-state index is 3.41. The van der Waals surface area contributed by atoms with E-state index in [1.807, 2.05) is 0 Å². The van der Waals surface area contributed by atoms with E-state index in [4.69, 9.17) is 0 Å². The lowest BCUT2D eigenvalue weighted by Gasteiger charge is -2.20. The van der Waals surface area contributed by atoms with Crippen molar-refractivity contribution >= 4 is 0 Å². The Labute approximate surface area is 159 Å². The van der Waals surface area contributed by atoms with Gasteiger partial charge in [0.15, 0.2) is 0 Å². The third kappa shape index (κ3) is 5.45. The van der Waals surface area contributed by atoms with Crippen LogP contribution in [-0.2, 0) is 13.1 Å². The first kappa shape index (κ1) is 18.7. The van der Waals surface area contributed by atoms with Crippen LogP contribution >= 0.6 is 0 Å². The van der Waals surface area contributed by atoms with Crippen molar-refractivity contribution in [1.82, 2.24) is 19.6 Å². The molecule has 0 atom stereocenters. The molecule has 0 aliphatic carbocycles. The molecule has 0 saturated heterocycles. The monoisotopic (exact) mass is 350 g/mol. The normalized spacial score (nSPS) is 16.4. The second-order valence-corrected chi connectivity index (χ2v) is 6.97. The summed E-state index contributed by atoms with van der Waals surface area (Å²) in [6, 6.07) is 8.81. The Morgan fingerprint density at radius 1 is 0.692 bits per heavy atom. The molecule has 0 unspecified atom stereocenters. The van der Waals surface area contributed by atoms with Gasteiger partial charge in [0.05, 0.1) is 0 Å². The molecule has 3 rings (SSSR count). The van der Waals surface area contributed by atoms with E-state index in [0.29, 0.717) is 0 Å². The highest BCUT2D eigenvalue weighted by atomic mass is 15.3. The highest BCUT2D eigenvalue weighted by Crippen LogP contribution is 2.19. The van der Waals surface area contributed by atoms with Gasteiger partial charge in [-0.05, 0) is 24.0 Å². The average molecular weight is 351 g/mol. The summed E-state index contributed by atoms with van der Waals surface area (Å²) in [6.07, 6.45) is 13.3. The van der Waals surface area contributed by atoms with Crippen LogP contribution in [0.5, 0.6) is 0 Å². The van der Waals surface area contributed by atoms with Gasteiger partial charge in [0.25, 0.3) is 0 Å². The lowest BCUT2D eigenvalue weighted by Crippen LogP contribution is -2.21. The summed E-state index contributed by atoms with van der Waals surface area (Å²) < 4.78 is 0. The second-order valence-electron chi connectivity index (χ2n) is 6.97. The Morgan fingerprint density at radius 3 is 1.62 bits per heavy atom. The molecule has 1 aromatic carbocycles. The first-order valence-corrected chi connectivity index (χ1v) is 9.80. The summed E-state index contributed by atoms with van der Waals surface area (Å²) in [5, 5.41) is 0. The van der Waals surface area contributed by atoms with Crippen LogP contribution in [0.25, 0.3) is 0 Å². The van der Waals surface area contributed by atoms with Crippen LogP contribution in [-0.4, -0.2) is 32.7 Å². The third-order valence-corrected chi connectivity index (χ3v) is 4.57. The molecule has 0 N–H and O–H groups in total. The standard InChI is InChI=1S/C22H30N4/c1-3-5-10-23-12-14-25(19-23)17-21-8-7-9-22(16-21)18-26-15-13-24(20-26)11-6-4-2/h7-9,12-16H,3-6,10-11,17-18H2,1-2H3. The van der Waals surface area contributed by atoms with Gasteiger partial charge in [-0.15, -0.1) is 0 Å². The molecule has 4 heteroatoms. The minimum Gasteiger partial charge on any atom is -0.346 e. The van der Waals surface area contributed by atoms with Crippen LogP contribution in [0.15, 0.2) is 49.1 Å². The SMILES string of the molecule is CCCCN1[C]N(Cc2cccc(CN3[C]N(CCCC)C=C3)c2)C=C1. The van der Waals surface area contributed by atoms with Crippen molar-refractivity contribution in [3.05, 3.63) is 73.5 Å². The molecule has 0 saturated carbocycles. The van der Waals surface area contributed by atoms with Crippen molar-refractivity contribution in [1.29, 1.82) is 0 Å². The Kier molecular flexibility index (Phi) is 6.87. The molecule has 4 nitrogen and oxygen atoms in total. The number of benzene rings is 1. The molecule has 0 aromatic heterocycles. The largest absolute Gasteiger partial charge is 0.346 e. The third-order valence-electron chi connectivity index (χ3n) is 4.57. The smallest absolute Gasteiger partial charge is 0.208 e. The number of rotatable bonds is 10. The zero-order valence-electron chi connectivity index (χ0n) is 16.1. The summed E-state index contributed by atoms with van der Waals surface area (Å²) in [4.78, 5) is 8.57. The van der Waals surface area contributed by atoms with Crippen LogP contribution in [0, 0.1) is 13.3 Å².